The van der Waals surface area contributed by atoms with Crippen LogP contribution in [0.4, 0.5) is 5.69 Å². The number of nitrogens with two attached hydrogens (primary N) is 1. The van der Waals surface area contributed by atoms with Crippen LogP contribution in [0.15, 0.2) is 27.7 Å². The van der Waals surface area contributed by atoms with Crippen molar-refractivity contribution in [1.29, 1.82) is 0 Å². The first kappa shape index (κ1) is 14.9. The predicted molar refractivity (Wildman–Crippen MR) is 78.6 cm³/mol. The third kappa shape index (κ3) is 4.64. The number of hydrogen-bond donors (Lipinski definition) is 3. The summed E-state index contributed by atoms with van der Waals surface area (Å²) in [6, 6.07) is 5.97. The van der Waals surface area contributed by atoms with Gasteiger partial charge in [0.1, 0.15) is 0 Å². The van der Waals surface area contributed by atoms with Crippen LogP contribution in [0, 0.1) is 6.92 Å². The molecular weight excluding hydrogens is 296 g/mol. The van der Waals surface area contributed by atoms with E-state index in [0.29, 0.717) is 12.6 Å². The summed E-state index contributed by atoms with van der Waals surface area (Å²) in [6.07, 6.45) is 0. The second-order valence-corrected chi connectivity index (χ2v) is 4.87. The van der Waals surface area contributed by atoms with Crippen LogP contribution in [0.1, 0.15) is 12.5 Å². The average Bonchev–Trinajstić information content (AvgIpc) is 2.33. The van der Waals surface area contributed by atoms with Crippen molar-refractivity contribution in [2.45, 2.75) is 19.9 Å². The number of aryl methyl sites for hydroxylation is 1. The topological polar surface area (TPSA) is 71.7 Å². The number of hydrogen-bond acceptors (Lipinski definition) is 3. The third-order valence-corrected chi connectivity index (χ3v) is 3.20. The lowest BCUT2D eigenvalue weighted by molar-refractivity contribution is 0.185. The number of rotatable bonds is 4. The van der Waals surface area contributed by atoms with Crippen molar-refractivity contribution in [3.63, 3.8) is 0 Å². The zero-order valence-corrected chi connectivity index (χ0v) is 12.4. The molecule has 1 aromatic carbocycles. The molecule has 6 heteroatoms. The van der Waals surface area contributed by atoms with Crippen molar-refractivity contribution in [1.82, 2.24) is 5.43 Å². The van der Waals surface area contributed by atoms with Gasteiger partial charge in [-0.2, -0.15) is 0 Å². The fourth-order valence-corrected chi connectivity index (χ4v) is 1.71. The fourth-order valence-electron chi connectivity index (χ4n) is 1.46. The molecule has 0 spiro atoms. The molecule has 0 fully saturated rings. The maximum absolute atomic E-state index is 5.44. The van der Waals surface area contributed by atoms with Crippen LogP contribution < -0.4 is 16.6 Å². The van der Waals surface area contributed by atoms with E-state index < -0.39 is 0 Å². The number of nitrogens with zero attached hydrogens (tertiary/aromatic N) is 1. The quantitative estimate of drug-likeness (QED) is 0.344. The molecule has 0 radical (unpaired) electrons. The molecule has 100 valence electrons. The van der Waals surface area contributed by atoms with Crippen LogP contribution in [-0.4, -0.2) is 25.7 Å². The van der Waals surface area contributed by atoms with Crippen molar-refractivity contribution >= 4 is 27.6 Å². The highest BCUT2D eigenvalue weighted by atomic mass is 79.9. The Hall–Kier alpha value is -1.11. The first-order valence-electron chi connectivity index (χ1n) is 5.63. The summed E-state index contributed by atoms with van der Waals surface area (Å²) >= 11 is 3.46. The van der Waals surface area contributed by atoms with Crippen LogP contribution in [0.3, 0.4) is 0 Å². The number of halogens is 1. The van der Waals surface area contributed by atoms with Crippen LogP contribution in [-0.2, 0) is 4.74 Å². The highest BCUT2D eigenvalue weighted by molar-refractivity contribution is 9.10. The van der Waals surface area contributed by atoms with Gasteiger partial charge in [-0.3, -0.25) is 5.43 Å². The van der Waals surface area contributed by atoms with Crippen molar-refractivity contribution < 1.29 is 4.74 Å². The minimum atomic E-state index is 0.0325. The van der Waals surface area contributed by atoms with Gasteiger partial charge in [0.15, 0.2) is 0 Å². The molecular formula is C12H19BrN4O. The van der Waals surface area contributed by atoms with Gasteiger partial charge in [0.25, 0.3) is 0 Å². The number of ether oxygens (including phenoxy) is 1. The Morgan fingerprint density at radius 1 is 1.56 bits per heavy atom. The summed E-state index contributed by atoms with van der Waals surface area (Å²) in [5.74, 6) is 5.95. The molecule has 1 unspecified atom stereocenters. The highest BCUT2D eigenvalue weighted by Crippen LogP contribution is 2.19. The Kier molecular flexibility index (Phi) is 6.11. The number of guanidine groups is 1. The lowest BCUT2D eigenvalue weighted by Crippen LogP contribution is -2.37. The monoisotopic (exact) mass is 314 g/mol. The molecule has 18 heavy (non-hydrogen) atoms. The fraction of sp³-hybridized carbons (Fsp3) is 0.417. The van der Waals surface area contributed by atoms with E-state index in [1.807, 2.05) is 32.0 Å². The average molecular weight is 315 g/mol. The normalized spacial score (nSPS) is 13.3. The van der Waals surface area contributed by atoms with Crippen molar-refractivity contribution in [3.05, 3.63) is 28.2 Å². The Morgan fingerprint density at radius 2 is 2.28 bits per heavy atom. The molecule has 4 N–H and O–H groups in total. The molecule has 5 nitrogen and oxygen atoms in total. The van der Waals surface area contributed by atoms with E-state index in [1.165, 1.54) is 0 Å². The van der Waals surface area contributed by atoms with E-state index in [1.54, 1.807) is 7.11 Å². The van der Waals surface area contributed by atoms with E-state index in [0.717, 1.165) is 15.7 Å². The maximum Gasteiger partial charge on any atom is 0.210 e. The van der Waals surface area contributed by atoms with Gasteiger partial charge in [-0.1, -0.05) is 15.9 Å². The molecule has 1 rings (SSSR count). The molecule has 0 saturated carbocycles. The Bertz CT molecular complexity index is 423. The van der Waals surface area contributed by atoms with Gasteiger partial charge in [-0.05, 0) is 37.6 Å². The van der Waals surface area contributed by atoms with Gasteiger partial charge in [0, 0.05) is 17.3 Å². The van der Waals surface area contributed by atoms with Gasteiger partial charge in [0.2, 0.25) is 5.96 Å². The summed E-state index contributed by atoms with van der Waals surface area (Å²) in [5.41, 5.74) is 4.61. The molecule has 0 heterocycles. The summed E-state index contributed by atoms with van der Waals surface area (Å²) in [7, 11) is 1.65. The minimum Gasteiger partial charge on any atom is -0.382 e. The lowest BCUT2D eigenvalue weighted by atomic mass is 10.2. The van der Waals surface area contributed by atoms with Gasteiger partial charge in [0.05, 0.1) is 12.6 Å². The van der Waals surface area contributed by atoms with Gasteiger partial charge >= 0.3 is 0 Å². The summed E-state index contributed by atoms with van der Waals surface area (Å²) < 4.78 is 6.09. The molecule has 0 bridgehead atoms. The molecule has 0 aromatic heterocycles. The second kappa shape index (κ2) is 7.35. The number of anilines is 1. The standard InChI is InChI=1S/C12H19BrN4O/c1-8-6-10(4-5-11(8)13)16-12(17-14)15-9(2)7-18-3/h4-6,9H,7,14H2,1-3H3,(H2,15,16,17). The zero-order valence-electron chi connectivity index (χ0n) is 10.8. The van der Waals surface area contributed by atoms with E-state index >= 15 is 0 Å². The number of nitrogens with one attached hydrogen (secondary N) is 2. The molecule has 1 atom stereocenters. The summed E-state index contributed by atoms with van der Waals surface area (Å²) in [6.45, 7) is 4.52. The summed E-state index contributed by atoms with van der Waals surface area (Å²) in [4.78, 5) is 4.36. The van der Waals surface area contributed by atoms with Crippen LogP contribution in [0.2, 0.25) is 0 Å². The number of hydrazine groups is 1. The second-order valence-electron chi connectivity index (χ2n) is 4.02. The van der Waals surface area contributed by atoms with Crippen molar-refractivity contribution in [3.8, 4) is 0 Å². The number of aliphatic imine (C=N–C) groups is 1. The van der Waals surface area contributed by atoms with E-state index in [-0.39, 0.29) is 6.04 Å². The molecule has 0 saturated heterocycles. The third-order valence-electron chi connectivity index (χ3n) is 2.31. The zero-order chi connectivity index (χ0) is 13.5. The first-order valence-corrected chi connectivity index (χ1v) is 6.42. The Morgan fingerprint density at radius 3 is 2.83 bits per heavy atom. The highest BCUT2D eigenvalue weighted by Gasteiger charge is 2.03. The molecule has 0 aliphatic heterocycles. The molecule has 0 amide bonds. The number of benzene rings is 1. The number of methoxy groups -OCH3 is 1. The molecule has 0 aliphatic carbocycles. The predicted octanol–water partition coefficient (Wildman–Crippen LogP) is 2.02. The van der Waals surface area contributed by atoms with Crippen LogP contribution in [0.25, 0.3) is 0 Å². The van der Waals surface area contributed by atoms with Crippen molar-refractivity contribution in [2.75, 3.05) is 19.0 Å². The van der Waals surface area contributed by atoms with Gasteiger partial charge in [-0.25, -0.2) is 10.8 Å². The largest absolute Gasteiger partial charge is 0.382 e. The summed E-state index contributed by atoms with van der Waals surface area (Å²) in [5, 5.41) is 3.12. The SMILES string of the molecule is COCC(C)N=C(NN)Nc1ccc(Br)c(C)c1. The lowest BCUT2D eigenvalue weighted by Gasteiger charge is -2.13. The van der Waals surface area contributed by atoms with E-state index in [2.05, 4.69) is 31.7 Å². The van der Waals surface area contributed by atoms with Gasteiger partial charge < -0.3 is 10.1 Å². The van der Waals surface area contributed by atoms with Crippen LogP contribution >= 0.6 is 15.9 Å². The molecule has 0 aliphatic rings. The Balaban J connectivity index is 2.76. The first-order chi connectivity index (χ1) is 8.56. The van der Waals surface area contributed by atoms with Gasteiger partial charge in [-0.15, -0.1) is 0 Å². The minimum absolute atomic E-state index is 0.0325. The Labute approximate surface area is 116 Å². The van der Waals surface area contributed by atoms with E-state index in [4.69, 9.17) is 10.6 Å². The van der Waals surface area contributed by atoms with Crippen molar-refractivity contribution in [2.24, 2.45) is 10.8 Å². The van der Waals surface area contributed by atoms with E-state index in [9.17, 15) is 0 Å². The smallest absolute Gasteiger partial charge is 0.210 e. The molecule has 1 aromatic rings. The maximum atomic E-state index is 5.44. The van der Waals surface area contributed by atoms with Crippen LogP contribution in [0.5, 0.6) is 0 Å².